The van der Waals surface area contributed by atoms with Crippen LogP contribution in [0.1, 0.15) is 6.92 Å². The van der Waals surface area contributed by atoms with Gasteiger partial charge in [0.15, 0.2) is 11.5 Å². The second kappa shape index (κ2) is 8.89. The molecular formula is C18H20Cl2N2O5S. The van der Waals surface area contributed by atoms with Gasteiger partial charge in [0, 0.05) is 11.1 Å². The molecule has 10 heteroatoms. The molecule has 152 valence electrons. The Labute approximate surface area is 174 Å². The number of amides is 1. The Hall–Kier alpha value is -2.16. The van der Waals surface area contributed by atoms with Gasteiger partial charge in [-0.1, -0.05) is 23.2 Å². The number of carbonyl (C=O) groups is 1. The summed E-state index contributed by atoms with van der Waals surface area (Å²) in [6, 6.07) is 8.08. The van der Waals surface area contributed by atoms with Gasteiger partial charge in [-0.15, -0.1) is 0 Å². The van der Waals surface area contributed by atoms with Crippen molar-refractivity contribution in [3.8, 4) is 11.5 Å². The average molecular weight is 447 g/mol. The van der Waals surface area contributed by atoms with Crippen molar-refractivity contribution in [3.05, 3.63) is 46.4 Å². The molecule has 0 radical (unpaired) electrons. The van der Waals surface area contributed by atoms with Crippen LogP contribution >= 0.6 is 23.2 Å². The fourth-order valence-electron chi connectivity index (χ4n) is 2.60. The number of sulfonamides is 1. The largest absolute Gasteiger partial charge is 0.493 e. The van der Waals surface area contributed by atoms with Crippen molar-refractivity contribution in [2.24, 2.45) is 0 Å². The van der Waals surface area contributed by atoms with Crippen molar-refractivity contribution in [2.75, 3.05) is 30.1 Å². The molecule has 7 nitrogen and oxygen atoms in total. The van der Waals surface area contributed by atoms with E-state index in [1.165, 1.54) is 45.4 Å². The van der Waals surface area contributed by atoms with E-state index < -0.39 is 22.0 Å². The third kappa shape index (κ3) is 5.01. The molecule has 28 heavy (non-hydrogen) atoms. The summed E-state index contributed by atoms with van der Waals surface area (Å²) in [6.45, 7) is 1.46. The fourth-order valence-corrected chi connectivity index (χ4v) is 4.10. The van der Waals surface area contributed by atoms with E-state index in [2.05, 4.69) is 5.32 Å². The highest BCUT2D eigenvalue weighted by molar-refractivity contribution is 7.92. The number of hydrogen-bond acceptors (Lipinski definition) is 5. The second-order valence-electron chi connectivity index (χ2n) is 5.89. The molecule has 0 aromatic heterocycles. The van der Waals surface area contributed by atoms with Crippen LogP contribution in [0.2, 0.25) is 10.0 Å². The van der Waals surface area contributed by atoms with Gasteiger partial charge in [0.05, 0.1) is 36.9 Å². The van der Waals surface area contributed by atoms with E-state index in [9.17, 15) is 13.2 Å². The number of nitrogens with zero attached hydrogens (tertiary/aromatic N) is 1. The highest BCUT2D eigenvalue weighted by Gasteiger charge is 2.30. The zero-order valence-corrected chi connectivity index (χ0v) is 18.0. The number of carbonyl (C=O) groups excluding carboxylic acids is 1. The Bertz CT molecular complexity index is 982. The van der Waals surface area contributed by atoms with Gasteiger partial charge < -0.3 is 14.8 Å². The molecule has 0 fully saturated rings. The van der Waals surface area contributed by atoms with Gasteiger partial charge in [0.1, 0.15) is 6.04 Å². The van der Waals surface area contributed by atoms with Crippen LogP contribution in [0.25, 0.3) is 0 Å². The first-order valence-electron chi connectivity index (χ1n) is 8.05. The molecule has 1 N–H and O–H groups in total. The zero-order valence-electron chi connectivity index (χ0n) is 15.7. The number of hydrogen-bond donors (Lipinski definition) is 1. The molecule has 0 aliphatic heterocycles. The molecule has 1 amide bonds. The summed E-state index contributed by atoms with van der Waals surface area (Å²) in [5.74, 6) is 0.186. The minimum atomic E-state index is -3.80. The molecule has 0 aliphatic rings. The summed E-state index contributed by atoms with van der Waals surface area (Å²) in [6.07, 6.45) is 1.01. The number of halogens is 2. The van der Waals surface area contributed by atoms with Crippen molar-refractivity contribution >= 4 is 50.5 Å². The highest BCUT2D eigenvalue weighted by atomic mass is 35.5. The van der Waals surface area contributed by atoms with Crippen LogP contribution in [0.15, 0.2) is 36.4 Å². The van der Waals surface area contributed by atoms with E-state index in [1.54, 1.807) is 12.1 Å². The van der Waals surface area contributed by atoms with Crippen LogP contribution in [-0.2, 0) is 14.8 Å². The summed E-state index contributed by atoms with van der Waals surface area (Å²) in [7, 11) is -0.897. The first kappa shape index (κ1) is 22.1. The van der Waals surface area contributed by atoms with Crippen LogP contribution in [0.5, 0.6) is 11.5 Å². The summed E-state index contributed by atoms with van der Waals surface area (Å²) >= 11 is 12.0. The normalized spacial score (nSPS) is 12.2. The number of methoxy groups -OCH3 is 2. The van der Waals surface area contributed by atoms with Crippen LogP contribution < -0.4 is 19.1 Å². The molecule has 0 bridgehead atoms. The van der Waals surface area contributed by atoms with Gasteiger partial charge >= 0.3 is 0 Å². The third-order valence-corrected chi connectivity index (χ3v) is 5.70. The summed E-state index contributed by atoms with van der Waals surface area (Å²) < 4.78 is 36.2. The summed E-state index contributed by atoms with van der Waals surface area (Å²) in [4.78, 5) is 12.7. The van der Waals surface area contributed by atoms with Crippen LogP contribution in [0.3, 0.4) is 0 Å². The molecule has 2 aromatic carbocycles. The molecule has 0 aliphatic carbocycles. The number of rotatable bonds is 7. The molecule has 0 heterocycles. The lowest BCUT2D eigenvalue weighted by Gasteiger charge is -2.28. The van der Waals surface area contributed by atoms with Crippen molar-refractivity contribution in [1.82, 2.24) is 0 Å². The standard InChI is InChI=1S/C18H20Cl2N2O5S/c1-11(18(23)21-15-9-12(19)5-7-14(15)20)22(28(4,24)25)13-6-8-16(26-2)17(10-13)27-3/h5-11H,1-4H3,(H,21,23)/t11-/m1/s1. The van der Waals surface area contributed by atoms with Gasteiger partial charge in [-0.3, -0.25) is 9.10 Å². The van der Waals surface area contributed by atoms with Crippen LogP contribution in [0, 0.1) is 0 Å². The summed E-state index contributed by atoms with van der Waals surface area (Å²) in [5, 5.41) is 3.27. The van der Waals surface area contributed by atoms with Gasteiger partial charge in [-0.05, 0) is 37.3 Å². The van der Waals surface area contributed by atoms with Gasteiger partial charge in [-0.25, -0.2) is 8.42 Å². The third-order valence-electron chi connectivity index (χ3n) is 3.90. The van der Waals surface area contributed by atoms with Crippen molar-refractivity contribution in [3.63, 3.8) is 0 Å². The predicted molar refractivity (Wildman–Crippen MR) is 111 cm³/mol. The number of benzene rings is 2. The number of anilines is 2. The lowest BCUT2D eigenvalue weighted by molar-refractivity contribution is -0.116. The number of ether oxygens (including phenoxy) is 2. The van der Waals surface area contributed by atoms with E-state index >= 15 is 0 Å². The van der Waals surface area contributed by atoms with E-state index in [0.717, 1.165) is 10.6 Å². The first-order valence-corrected chi connectivity index (χ1v) is 10.7. The molecule has 0 unspecified atom stereocenters. The molecule has 0 saturated carbocycles. The molecule has 2 rings (SSSR count). The SMILES string of the molecule is COc1ccc(N([C@H](C)C(=O)Nc2cc(Cl)ccc2Cl)S(C)(=O)=O)cc1OC. The van der Waals surface area contributed by atoms with E-state index in [0.29, 0.717) is 16.5 Å². The first-order chi connectivity index (χ1) is 13.1. The summed E-state index contributed by atoms with van der Waals surface area (Å²) in [5.41, 5.74) is 0.534. The van der Waals surface area contributed by atoms with Crippen molar-refractivity contribution in [1.29, 1.82) is 0 Å². The molecular weight excluding hydrogens is 427 g/mol. The van der Waals surface area contributed by atoms with E-state index in [4.69, 9.17) is 32.7 Å². The van der Waals surface area contributed by atoms with Gasteiger partial charge in [-0.2, -0.15) is 0 Å². The number of nitrogens with one attached hydrogen (secondary N) is 1. The maximum Gasteiger partial charge on any atom is 0.248 e. The maximum atomic E-state index is 12.7. The van der Waals surface area contributed by atoms with E-state index in [-0.39, 0.29) is 16.4 Å². The minimum absolute atomic E-state index is 0.250. The van der Waals surface area contributed by atoms with Crippen molar-refractivity contribution < 1.29 is 22.7 Å². The van der Waals surface area contributed by atoms with E-state index in [1.807, 2.05) is 0 Å². The Morgan fingerprint density at radius 3 is 2.29 bits per heavy atom. The van der Waals surface area contributed by atoms with Gasteiger partial charge in [0.25, 0.3) is 0 Å². The lowest BCUT2D eigenvalue weighted by Crippen LogP contribution is -2.45. The zero-order chi connectivity index (χ0) is 21.1. The quantitative estimate of drug-likeness (QED) is 0.698. The maximum absolute atomic E-state index is 12.7. The smallest absolute Gasteiger partial charge is 0.248 e. The Morgan fingerprint density at radius 1 is 1.07 bits per heavy atom. The molecule has 0 saturated heterocycles. The second-order valence-corrected chi connectivity index (χ2v) is 8.59. The monoisotopic (exact) mass is 446 g/mol. The Balaban J connectivity index is 2.40. The van der Waals surface area contributed by atoms with Crippen molar-refractivity contribution in [2.45, 2.75) is 13.0 Å². The fraction of sp³-hybridized carbons (Fsp3) is 0.278. The minimum Gasteiger partial charge on any atom is -0.493 e. The Morgan fingerprint density at radius 2 is 1.71 bits per heavy atom. The highest BCUT2D eigenvalue weighted by Crippen LogP contribution is 2.33. The van der Waals surface area contributed by atoms with Crippen LogP contribution in [-0.4, -0.2) is 40.8 Å². The topological polar surface area (TPSA) is 84.9 Å². The lowest BCUT2D eigenvalue weighted by atomic mass is 10.2. The molecule has 1 atom stereocenters. The predicted octanol–water partition coefficient (Wildman–Crippen LogP) is 3.80. The Kier molecular flexibility index (Phi) is 7.03. The van der Waals surface area contributed by atoms with Crippen LogP contribution in [0.4, 0.5) is 11.4 Å². The molecule has 0 spiro atoms. The van der Waals surface area contributed by atoms with Gasteiger partial charge in [0.2, 0.25) is 15.9 Å². The molecule has 2 aromatic rings. The average Bonchev–Trinajstić information content (AvgIpc) is 2.63.